The van der Waals surface area contributed by atoms with Crippen LogP contribution >= 0.6 is 0 Å². The molecule has 0 bridgehead atoms. The van der Waals surface area contributed by atoms with Crippen LogP contribution in [-0.2, 0) is 0 Å². The molecule has 1 aromatic carbocycles. The monoisotopic (exact) mass is 176 g/mol. The lowest BCUT2D eigenvalue weighted by Gasteiger charge is -2.33. The second-order valence-electron chi connectivity index (χ2n) is 3.53. The molecule has 2 rings (SSSR count). The molecule has 1 aliphatic rings. The third-order valence-electron chi connectivity index (χ3n) is 2.77. The molecular weight excluding hydrogens is 160 g/mol. The summed E-state index contributed by atoms with van der Waals surface area (Å²) in [6.45, 7) is 4.35. The Morgan fingerprint density at radius 2 is 2.23 bits per heavy atom. The Hall–Kier alpha value is -1.02. The van der Waals surface area contributed by atoms with Gasteiger partial charge in [-0.2, -0.15) is 0 Å². The Labute approximate surface area is 79.4 Å². The van der Waals surface area contributed by atoms with Crippen molar-refractivity contribution < 1.29 is 0 Å². The van der Waals surface area contributed by atoms with Crippen molar-refractivity contribution in [2.75, 3.05) is 18.0 Å². The van der Waals surface area contributed by atoms with E-state index in [9.17, 15) is 0 Å². The molecule has 0 fully saturated rings. The number of nitrogens with two attached hydrogens (primary N) is 1. The normalized spacial score (nSPS) is 21.4. The first-order chi connectivity index (χ1) is 6.33. The zero-order chi connectivity index (χ0) is 9.26. The van der Waals surface area contributed by atoms with Gasteiger partial charge in [0, 0.05) is 24.8 Å². The maximum absolute atomic E-state index is 6.04. The van der Waals surface area contributed by atoms with Crippen LogP contribution in [0.3, 0.4) is 0 Å². The summed E-state index contributed by atoms with van der Waals surface area (Å²) in [7, 11) is 0. The first kappa shape index (κ1) is 8.57. The topological polar surface area (TPSA) is 29.3 Å². The number of anilines is 1. The molecule has 0 aromatic heterocycles. The first-order valence-corrected chi connectivity index (χ1v) is 4.92. The van der Waals surface area contributed by atoms with Crippen molar-refractivity contribution in [3.63, 3.8) is 0 Å². The van der Waals surface area contributed by atoms with Gasteiger partial charge in [-0.05, 0) is 25.0 Å². The van der Waals surface area contributed by atoms with E-state index in [0.29, 0.717) is 0 Å². The maximum Gasteiger partial charge on any atom is 0.0414 e. The van der Waals surface area contributed by atoms with Crippen molar-refractivity contribution in [2.24, 2.45) is 5.73 Å². The lowest BCUT2D eigenvalue weighted by Crippen LogP contribution is -2.33. The lowest BCUT2D eigenvalue weighted by molar-refractivity contribution is 0.598. The van der Waals surface area contributed by atoms with Crippen LogP contribution in [0.15, 0.2) is 24.3 Å². The number of hydrogen-bond acceptors (Lipinski definition) is 2. The average molecular weight is 176 g/mol. The van der Waals surface area contributed by atoms with E-state index >= 15 is 0 Å². The number of nitrogens with zero attached hydrogens (tertiary/aromatic N) is 1. The molecule has 1 aliphatic heterocycles. The second kappa shape index (κ2) is 3.38. The Morgan fingerprint density at radius 3 is 3.00 bits per heavy atom. The fraction of sp³-hybridized carbons (Fsp3) is 0.455. The van der Waals surface area contributed by atoms with Crippen molar-refractivity contribution >= 4 is 5.69 Å². The predicted molar refractivity (Wildman–Crippen MR) is 55.9 cm³/mol. The Morgan fingerprint density at radius 1 is 1.46 bits per heavy atom. The summed E-state index contributed by atoms with van der Waals surface area (Å²) in [5.74, 6) is 0. The smallest absolute Gasteiger partial charge is 0.0414 e. The molecule has 0 spiro atoms. The largest absolute Gasteiger partial charge is 0.371 e. The molecule has 2 nitrogen and oxygen atoms in total. The predicted octanol–water partition coefficient (Wildman–Crippen LogP) is 1.92. The van der Waals surface area contributed by atoms with E-state index in [2.05, 4.69) is 36.1 Å². The highest BCUT2D eigenvalue weighted by molar-refractivity contribution is 5.56. The van der Waals surface area contributed by atoms with E-state index in [0.717, 1.165) is 19.5 Å². The minimum Gasteiger partial charge on any atom is -0.371 e. The highest BCUT2D eigenvalue weighted by Gasteiger charge is 2.20. The summed E-state index contributed by atoms with van der Waals surface area (Å²) < 4.78 is 0. The van der Waals surface area contributed by atoms with Gasteiger partial charge in [-0.1, -0.05) is 18.2 Å². The van der Waals surface area contributed by atoms with Crippen LogP contribution < -0.4 is 10.6 Å². The summed E-state index contributed by atoms with van der Waals surface area (Å²) >= 11 is 0. The van der Waals surface area contributed by atoms with Crippen molar-refractivity contribution in [2.45, 2.75) is 19.4 Å². The average Bonchev–Trinajstić information content (AvgIpc) is 2.19. The third-order valence-corrected chi connectivity index (χ3v) is 2.77. The minimum absolute atomic E-state index is 0.235. The highest BCUT2D eigenvalue weighted by Crippen LogP contribution is 2.31. The van der Waals surface area contributed by atoms with Crippen molar-refractivity contribution in [1.82, 2.24) is 0 Å². The van der Waals surface area contributed by atoms with Crippen molar-refractivity contribution in [3.8, 4) is 0 Å². The van der Waals surface area contributed by atoms with Gasteiger partial charge in [0.15, 0.2) is 0 Å². The first-order valence-electron chi connectivity index (χ1n) is 4.92. The molecule has 2 heteroatoms. The molecule has 0 radical (unpaired) electrons. The molecule has 1 heterocycles. The maximum atomic E-state index is 6.04. The number of fused-ring (bicyclic) bond motifs is 1. The summed E-state index contributed by atoms with van der Waals surface area (Å²) in [6.07, 6.45) is 1.07. The highest BCUT2D eigenvalue weighted by atomic mass is 15.1. The minimum atomic E-state index is 0.235. The number of benzene rings is 1. The molecule has 1 aromatic rings. The molecule has 13 heavy (non-hydrogen) atoms. The molecule has 0 saturated heterocycles. The van der Waals surface area contributed by atoms with E-state index in [1.54, 1.807) is 0 Å². The van der Waals surface area contributed by atoms with Crippen LogP contribution in [0.5, 0.6) is 0 Å². The molecule has 2 N–H and O–H groups in total. The van der Waals surface area contributed by atoms with Crippen LogP contribution in [0.25, 0.3) is 0 Å². The summed E-state index contributed by atoms with van der Waals surface area (Å²) in [5, 5.41) is 0. The quantitative estimate of drug-likeness (QED) is 0.708. The summed E-state index contributed by atoms with van der Waals surface area (Å²) in [4.78, 5) is 2.39. The number of hydrogen-bond donors (Lipinski definition) is 1. The van der Waals surface area contributed by atoms with Gasteiger partial charge in [-0.25, -0.2) is 0 Å². The lowest BCUT2D eigenvalue weighted by atomic mass is 9.97. The van der Waals surface area contributed by atoms with Crippen LogP contribution in [0.2, 0.25) is 0 Å². The van der Waals surface area contributed by atoms with Crippen LogP contribution in [-0.4, -0.2) is 13.1 Å². The number of para-hydroxylation sites is 1. The fourth-order valence-corrected chi connectivity index (χ4v) is 1.99. The fourth-order valence-electron chi connectivity index (χ4n) is 1.99. The SMILES string of the molecule is CCN1CC[C@H](N)c2ccccc21. The Balaban J connectivity index is 2.42. The molecule has 0 amide bonds. The second-order valence-corrected chi connectivity index (χ2v) is 3.53. The molecular formula is C11H16N2. The van der Waals surface area contributed by atoms with Crippen molar-refractivity contribution in [3.05, 3.63) is 29.8 Å². The number of rotatable bonds is 1. The Bertz CT molecular complexity index is 296. The summed E-state index contributed by atoms with van der Waals surface area (Å²) in [5.41, 5.74) is 8.66. The van der Waals surface area contributed by atoms with Crippen LogP contribution in [0, 0.1) is 0 Å². The third kappa shape index (κ3) is 1.42. The van der Waals surface area contributed by atoms with Crippen LogP contribution in [0.1, 0.15) is 24.9 Å². The van der Waals surface area contributed by atoms with E-state index in [4.69, 9.17) is 5.73 Å². The standard InChI is InChI=1S/C11H16N2/c1-2-13-8-7-10(12)9-5-3-4-6-11(9)13/h3-6,10H,2,7-8,12H2,1H3/t10-/m0/s1. The van der Waals surface area contributed by atoms with Crippen LogP contribution in [0.4, 0.5) is 5.69 Å². The summed E-state index contributed by atoms with van der Waals surface area (Å²) in [6, 6.07) is 8.69. The van der Waals surface area contributed by atoms with Gasteiger partial charge in [0.25, 0.3) is 0 Å². The zero-order valence-electron chi connectivity index (χ0n) is 8.03. The van der Waals surface area contributed by atoms with E-state index in [1.165, 1.54) is 11.3 Å². The van der Waals surface area contributed by atoms with E-state index in [-0.39, 0.29) is 6.04 Å². The van der Waals surface area contributed by atoms with Crippen molar-refractivity contribution in [1.29, 1.82) is 0 Å². The molecule has 0 unspecified atom stereocenters. The van der Waals surface area contributed by atoms with E-state index < -0.39 is 0 Å². The molecule has 1 atom stereocenters. The van der Waals surface area contributed by atoms with Gasteiger partial charge >= 0.3 is 0 Å². The molecule has 0 aliphatic carbocycles. The zero-order valence-corrected chi connectivity index (χ0v) is 8.03. The Kier molecular flexibility index (Phi) is 2.23. The van der Waals surface area contributed by atoms with Gasteiger partial charge in [0.1, 0.15) is 0 Å². The van der Waals surface area contributed by atoms with Gasteiger partial charge < -0.3 is 10.6 Å². The van der Waals surface area contributed by atoms with E-state index in [1.807, 2.05) is 0 Å². The van der Waals surface area contributed by atoms with Gasteiger partial charge in [-0.3, -0.25) is 0 Å². The van der Waals surface area contributed by atoms with Gasteiger partial charge in [0.2, 0.25) is 0 Å². The molecule has 70 valence electrons. The van der Waals surface area contributed by atoms with Gasteiger partial charge in [0.05, 0.1) is 0 Å². The molecule has 0 saturated carbocycles. The van der Waals surface area contributed by atoms with Gasteiger partial charge in [-0.15, -0.1) is 0 Å².